The number of methoxy groups -OCH3 is 1. The number of esters is 1. The van der Waals surface area contributed by atoms with Gasteiger partial charge in [-0.25, -0.2) is 0 Å². The highest BCUT2D eigenvalue weighted by Crippen LogP contribution is 2.23. The Morgan fingerprint density at radius 3 is 2.67 bits per heavy atom. The minimum atomic E-state index is -0.0658. The second-order valence-electron chi connectivity index (χ2n) is 6.62. The topological polar surface area (TPSA) is 68.5 Å². The number of rotatable bonds is 5. The van der Waals surface area contributed by atoms with Gasteiger partial charge in [-0.2, -0.15) is 0 Å². The number of aromatic nitrogens is 1. The summed E-state index contributed by atoms with van der Waals surface area (Å²) in [7, 11) is 3.62. The number of likely N-dealkylation sites (tertiary alicyclic amines) is 1. The first-order chi connectivity index (χ1) is 11.5. The summed E-state index contributed by atoms with van der Waals surface area (Å²) in [6, 6.07) is 3.99. The fraction of sp³-hybridized carbons (Fsp3) is 0.684. The Morgan fingerprint density at radius 2 is 2.12 bits per heavy atom. The Morgan fingerprint density at radius 1 is 1.46 bits per heavy atom. The third-order valence-electron chi connectivity index (χ3n) is 4.61. The van der Waals surface area contributed by atoms with Crippen molar-refractivity contribution in [1.29, 1.82) is 0 Å². The van der Waals surface area contributed by atoms with Crippen molar-refractivity contribution in [3.05, 3.63) is 29.6 Å². The van der Waals surface area contributed by atoms with Crippen LogP contribution >= 0.6 is 0 Å². The first-order valence-electron chi connectivity index (χ1n) is 8.90. The van der Waals surface area contributed by atoms with Gasteiger partial charge in [-0.3, -0.25) is 9.78 Å². The molecular formula is C19H33N3O2. The van der Waals surface area contributed by atoms with Gasteiger partial charge in [0.25, 0.3) is 0 Å². The summed E-state index contributed by atoms with van der Waals surface area (Å²) in [6.07, 6.45) is 6.21. The van der Waals surface area contributed by atoms with E-state index in [1.807, 2.05) is 19.1 Å². The Kier molecular flexibility index (Phi) is 9.57. The highest BCUT2D eigenvalue weighted by atomic mass is 16.5. The van der Waals surface area contributed by atoms with Crippen LogP contribution in [0.15, 0.2) is 18.3 Å². The molecule has 136 valence electrons. The molecule has 1 aromatic rings. The van der Waals surface area contributed by atoms with Crippen LogP contribution in [0.25, 0.3) is 0 Å². The van der Waals surface area contributed by atoms with E-state index in [1.165, 1.54) is 33.0 Å². The van der Waals surface area contributed by atoms with Gasteiger partial charge in [0.2, 0.25) is 0 Å². The minimum Gasteiger partial charge on any atom is -0.469 e. The molecule has 0 saturated carbocycles. The van der Waals surface area contributed by atoms with Crippen LogP contribution in [-0.2, 0) is 22.5 Å². The lowest BCUT2D eigenvalue weighted by atomic mass is 9.88. The normalized spacial score (nSPS) is 16.9. The average Bonchev–Trinajstić information content (AvgIpc) is 2.63. The molecule has 0 bridgehead atoms. The summed E-state index contributed by atoms with van der Waals surface area (Å²) in [5.41, 5.74) is 7.72. The summed E-state index contributed by atoms with van der Waals surface area (Å²) in [5.74, 6) is 0.706. The van der Waals surface area contributed by atoms with Crippen molar-refractivity contribution in [2.24, 2.45) is 17.6 Å². The first-order valence-corrected chi connectivity index (χ1v) is 8.90. The van der Waals surface area contributed by atoms with E-state index in [0.29, 0.717) is 12.5 Å². The van der Waals surface area contributed by atoms with Gasteiger partial charge in [0.05, 0.1) is 13.0 Å². The fourth-order valence-electron chi connectivity index (χ4n) is 2.94. The maximum Gasteiger partial charge on any atom is 0.308 e. The predicted octanol–water partition coefficient (Wildman–Crippen LogP) is 2.63. The van der Waals surface area contributed by atoms with E-state index in [1.54, 1.807) is 6.20 Å². The van der Waals surface area contributed by atoms with Crippen molar-refractivity contribution in [2.75, 3.05) is 27.2 Å². The van der Waals surface area contributed by atoms with Crippen LogP contribution in [-0.4, -0.2) is 43.1 Å². The fourth-order valence-corrected chi connectivity index (χ4v) is 2.94. The van der Waals surface area contributed by atoms with E-state index in [9.17, 15) is 4.79 Å². The maximum absolute atomic E-state index is 11.2. The Balaban J connectivity index is 0.000000254. The molecule has 24 heavy (non-hydrogen) atoms. The third kappa shape index (κ3) is 7.41. The molecule has 0 radical (unpaired) electrons. The lowest BCUT2D eigenvalue weighted by molar-refractivity contribution is -0.145. The molecule has 1 atom stereocenters. The van der Waals surface area contributed by atoms with Crippen LogP contribution < -0.4 is 5.73 Å². The van der Waals surface area contributed by atoms with Gasteiger partial charge < -0.3 is 15.4 Å². The van der Waals surface area contributed by atoms with E-state index in [0.717, 1.165) is 24.1 Å². The summed E-state index contributed by atoms with van der Waals surface area (Å²) in [4.78, 5) is 17.7. The quantitative estimate of drug-likeness (QED) is 0.838. The van der Waals surface area contributed by atoms with Crippen molar-refractivity contribution < 1.29 is 9.53 Å². The average molecular weight is 335 g/mol. The number of hydrogen-bond donors (Lipinski definition) is 1. The van der Waals surface area contributed by atoms with Crippen LogP contribution in [0.4, 0.5) is 0 Å². The van der Waals surface area contributed by atoms with Crippen LogP contribution in [0.1, 0.15) is 44.4 Å². The van der Waals surface area contributed by atoms with E-state index in [4.69, 9.17) is 10.5 Å². The molecule has 1 aliphatic rings. The summed E-state index contributed by atoms with van der Waals surface area (Å²) in [6.45, 7) is 6.99. The van der Waals surface area contributed by atoms with Crippen molar-refractivity contribution in [2.45, 2.75) is 46.1 Å². The van der Waals surface area contributed by atoms with E-state index in [-0.39, 0.29) is 11.9 Å². The van der Waals surface area contributed by atoms with E-state index in [2.05, 4.69) is 23.9 Å². The Labute approximate surface area is 146 Å². The van der Waals surface area contributed by atoms with Gasteiger partial charge in [0.15, 0.2) is 0 Å². The number of carbonyl (C=O) groups is 1. The zero-order chi connectivity index (χ0) is 17.9. The number of hydrogen-bond acceptors (Lipinski definition) is 5. The van der Waals surface area contributed by atoms with Gasteiger partial charge in [-0.15, -0.1) is 0 Å². The summed E-state index contributed by atoms with van der Waals surface area (Å²) < 4.78 is 4.73. The lowest BCUT2D eigenvalue weighted by Crippen LogP contribution is -2.31. The van der Waals surface area contributed by atoms with Gasteiger partial charge in [-0.1, -0.05) is 13.8 Å². The number of ether oxygens (including phenoxy) is 1. The van der Waals surface area contributed by atoms with Crippen LogP contribution in [0.5, 0.6) is 0 Å². The molecule has 2 heterocycles. The van der Waals surface area contributed by atoms with Crippen molar-refractivity contribution >= 4 is 5.97 Å². The molecule has 1 saturated heterocycles. The molecule has 5 nitrogen and oxygen atoms in total. The number of pyridine rings is 1. The van der Waals surface area contributed by atoms with Gasteiger partial charge in [-0.05, 0) is 69.4 Å². The predicted molar refractivity (Wildman–Crippen MR) is 97.5 cm³/mol. The highest BCUT2D eigenvalue weighted by Gasteiger charge is 2.22. The molecule has 0 aliphatic carbocycles. The summed E-state index contributed by atoms with van der Waals surface area (Å²) >= 11 is 0. The molecule has 1 fully saturated rings. The van der Waals surface area contributed by atoms with Crippen molar-refractivity contribution in [3.63, 3.8) is 0 Å². The zero-order valence-corrected chi connectivity index (χ0v) is 15.6. The second-order valence-corrected chi connectivity index (χ2v) is 6.62. The second kappa shape index (κ2) is 11.2. The number of nitrogens with two attached hydrogens (primary N) is 1. The molecule has 2 rings (SSSR count). The van der Waals surface area contributed by atoms with E-state index < -0.39 is 0 Å². The zero-order valence-electron chi connectivity index (χ0n) is 15.6. The molecule has 5 heteroatoms. The minimum absolute atomic E-state index is 0.0633. The number of carbonyl (C=O) groups excluding carboxylic acids is 1. The largest absolute Gasteiger partial charge is 0.469 e. The van der Waals surface area contributed by atoms with Gasteiger partial charge >= 0.3 is 5.97 Å². The number of nitrogens with zero attached hydrogens (tertiary/aromatic N) is 2. The smallest absolute Gasteiger partial charge is 0.308 e. The van der Waals surface area contributed by atoms with Crippen LogP contribution in [0.2, 0.25) is 0 Å². The first kappa shape index (κ1) is 20.6. The standard InChI is InChI=1S/C11H21NO2.C8H12N2/c1-9(11(13)14-3)8-10-4-6-12(2)7-5-10;1-2-8-5-7(6-9)3-4-10-8/h9-10H,4-8H2,1-3H3;3-5H,2,6,9H2,1H3. The molecule has 0 aromatic carbocycles. The molecule has 2 N–H and O–H groups in total. The Bertz CT molecular complexity index is 466. The van der Waals surface area contributed by atoms with Crippen LogP contribution in [0, 0.1) is 11.8 Å². The molecule has 1 aliphatic heterocycles. The number of piperidine rings is 1. The molecule has 1 unspecified atom stereocenters. The molecule has 0 amide bonds. The number of aryl methyl sites for hydroxylation is 1. The van der Waals surface area contributed by atoms with Crippen LogP contribution in [0.3, 0.4) is 0 Å². The van der Waals surface area contributed by atoms with Crippen molar-refractivity contribution in [3.8, 4) is 0 Å². The van der Waals surface area contributed by atoms with E-state index >= 15 is 0 Å². The van der Waals surface area contributed by atoms with Crippen molar-refractivity contribution in [1.82, 2.24) is 9.88 Å². The monoisotopic (exact) mass is 335 g/mol. The summed E-state index contributed by atoms with van der Waals surface area (Å²) in [5, 5.41) is 0. The maximum atomic E-state index is 11.2. The molecule has 0 spiro atoms. The highest BCUT2D eigenvalue weighted by molar-refractivity contribution is 5.71. The Hall–Kier alpha value is -1.46. The lowest BCUT2D eigenvalue weighted by Gasteiger charge is -2.29. The SMILES string of the molecule is CCc1cc(CN)ccn1.COC(=O)C(C)CC1CCN(C)CC1. The molecular weight excluding hydrogens is 302 g/mol. The third-order valence-corrected chi connectivity index (χ3v) is 4.61. The van der Waals surface area contributed by atoms with Gasteiger partial charge in [0.1, 0.15) is 0 Å². The molecule has 1 aromatic heterocycles. The van der Waals surface area contributed by atoms with Gasteiger partial charge in [0, 0.05) is 18.4 Å².